The molecule has 0 saturated carbocycles. The zero-order valence-electron chi connectivity index (χ0n) is 13.9. The van der Waals surface area contributed by atoms with E-state index in [2.05, 4.69) is 42.6 Å². The first-order valence-corrected chi connectivity index (χ1v) is 8.67. The second-order valence-corrected chi connectivity index (χ2v) is 7.90. The van der Waals surface area contributed by atoms with Crippen LogP contribution in [-0.2, 0) is 9.53 Å². The molecule has 1 aliphatic rings. The molecule has 0 bridgehead atoms. The van der Waals surface area contributed by atoms with Crippen LogP contribution in [0.4, 0.5) is 4.79 Å². The van der Waals surface area contributed by atoms with Crippen molar-refractivity contribution in [1.82, 2.24) is 20.2 Å². The minimum absolute atomic E-state index is 0.0738. The van der Waals surface area contributed by atoms with Crippen molar-refractivity contribution in [3.05, 3.63) is 15.7 Å². The molecule has 0 aromatic carbocycles. The van der Waals surface area contributed by atoms with Gasteiger partial charge in [-0.2, -0.15) is 0 Å². The van der Waals surface area contributed by atoms with Gasteiger partial charge in [0.2, 0.25) is 5.91 Å². The third kappa shape index (κ3) is 4.15. The number of amides is 2. The highest BCUT2D eigenvalue weighted by molar-refractivity contribution is 14.1. The minimum atomic E-state index is -0.649. The van der Waals surface area contributed by atoms with Gasteiger partial charge in [0, 0.05) is 6.54 Å². The molecular formula is C15H23IN4O3. The predicted octanol–water partition coefficient (Wildman–Crippen LogP) is 2.45. The van der Waals surface area contributed by atoms with Crippen molar-refractivity contribution in [2.24, 2.45) is 5.41 Å². The van der Waals surface area contributed by atoms with E-state index in [1.807, 2.05) is 20.8 Å². The molecule has 1 aromatic heterocycles. The van der Waals surface area contributed by atoms with E-state index in [1.165, 1.54) is 7.11 Å². The van der Waals surface area contributed by atoms with Crippen molar-refractivity contribution >= 4 is 34.6 Å². The van der Waals surface area contributed by atoms with Crippen molar-refractivity contribution < 1.29 is 14.3 Å². The number of alkyl carbamates (subject to hydrolysis) is 1. The third-order valence-electron chi connectivity index (χ3n) is 3.98. The van der Waals surface area contributed by atoms with E-state index in [0.717, 1.165) is 22.4 Å². The van der Waals surface area contributed by atoms with E-state index in [9.17, 15) is 9.59 Å². The maximum absolute atomic E-state index is 13.0. The summed E-state index contributed by atoms with van der Waals surface area (Å²) in [5, 5.41) is 2.68. The summed E-state index contributed by atoms with van der Waals surface area (Å²) in [5.41, 5.74) is -0.421. The molecule has 1 aliphatic heterocycles. The Hall–Kier alpha value is -1.32. The lowest BCUT2D eigenvalue weighted by atomic mass is 9.85. The number of rotatable bonds is 3. The molecule has 1 aromatic rings. The number of hydrogen-bond acceptors (Lipinski definition) is 4. The molecule has 2 atom stereocenters. The molecular weight excluding hydrogens is 411 g/mol. The van der Waals surface area contributed by atoms with Crippen molar-refractivity contribution in [2.75, 3.05) is 13.7 Å². The first-order valence-electron chi connectivity index (χ1n) is 7.59. The molecule has 0 radical (unpaired) electrons. The van der Waals surface area contributed by atoms with Gasteiger partial charge in [-0.15, -0.1) is 0 Å². The number of methoxy groups -OCH3 is 1. The number of aromatic amines is 1. The Bertz CT molecular complexity index is 582. The number of aromatic nitrogens is 2. The number of carbonyl (C=O) groups is 2. The fraction of sp³-hybridized carbons (Fsp3) is 0.667. The molecule has 2 amide bonds. The van der Waals surface area contributed by atoms with Gasteiger partial charge in [0.15, 0.2) is 0 Å². The van der Waals surface area contributed by atoms with Gasteiger partial charge in [0.1, 0.15) is 11.9 Å². The molecule has 8 heteroatoms. The molecule has 1 fully saturated rings. The van der Waals surface area contributed by atoms with Crippen LogP contribution in [0.2, 0.25) is 0 Å². The third-order valence-corrected chi connectivity index (χ3v) is 4.52. The number of nitrogens with zero attached hydrogens (tertiary/aromatic N) is 2. The maximum Gasteiger partial charge on any atom is 0.407 e. The van der Waals surface area contributed by atoms with Gasteiger partial charge in [-0.3, -0.25) is 4.79 Å². The SMILES string of the molecule is COC(=O)N[C@H](C(=O)N1CCC[C@H]1c1ncc(I)[nH]1)C(C)(C)C. The number of H-pyrrole nitrogens is 1. The highest BCUT2D eigenvalue weighted by Crippen LogP contribution is 2.33. The monoisotopic (exact) mass is 434 g/mol. The van der Waals surface area contributed by atoms with E-state index < -0.39 is 17.6 Å². The molecule has 0 aliphatic carbocycles. The molecule has 0 unspecified atom stereocenters. The molecule has 128 valence electrons. The number of nitrogens with one attached hydrogen (secondary N) is 2. The number of halogens is 1. The number of hydrogen-bond donors (Lipinski definition) is 2. The molecule has 2 N–H and O–H groups in total. The molecule has 7 nitrogen and oxygen atoms in total. The molecule has 2 heterocycles. The second kappa shape index (κ2) is 7.06. The van der Waals surface area contributed by atoms with Crippen molar-refractivity contribution in [3.8, 4) is 0 Å². The van der Waals surface area contributed by atoms with Gasteiger partial charge >= 0.3 is 6.09 Å². The summed E-state index contributed by atoms with van der Waals surface area (Å²) in [4.78, 5) is 34.0. The Kier molecular flexibility index (Phi) is 5.53. The van der Waals surface area contributed by atoms with Crippen LogP contribution in [0.5, 0.6) is 0 Å². The van der Waals surface area contributed by atoms with Gasteiger partial charge in [0.05, 0.1) is 23.0 Å². The highest BCUT2D eigenvalue weighted by atomic mass is 127. The second-order valence-electron chi connectivity index (χ2n) is 6.74. The Labute approximate surface area is 149 Å². The number of carbonyl (C=O) groups excluding carboxylic acids is 2. The molecule has 2 rings (SSSR count). The van der Waals surface area contributed by atoms with Gasteiger partial charge in [0.25, 0.3) is 0 Å². The zero-order valence-corrected chi connectivity index (χ0v) is 16.0. The van der Waals surface area contributed by atoms with Crippen LogP contribution in [-0.4, -0.2) is 46.6 Å². The molecule has 1 saturated heterocycles. The van der Waals surface area contributed by atoms with Gasteiger partial charge in [-0.25, -0.2) is 9.78 Å². The van der Waals surface area contributed by atoms with E-state index >= 15 is 0 Å². The van der Waals surface area contributed by atoms with Gasteiger partial charge < -0.3 is 19.9 Å². The summed E-state index contributed by atoms with van der Waals surface area (Å²) < 4.78 is 5.60. The van der Waals surface area contributed by atoms with Crippen molar-refractivity contribution in [1.29, 1.82) is 0 Å². The van der Waals surface area contributed by atoms with Crippen LogP contribution in [0, 0.1) is 9.12 Å². The summed E-state index contributed by atoms with van der Waals surface area (Å²) in [5.74, 6) is 0.697. The average Bonchev–Trinajstić information content (AvgIpc) is 3.10. The van der Waals surface area contributed by atoms with E-state index in [-0.39, 0.29) is 11.9 Å². The van der Waals surface area contributed by atoms with Crippen LogP contribution in [0.3, 0.4) is 0 Å². The quantitative estimate of drug-likeness (QED) is 0.716. The largest absolute Gasteiger partial charge is 0.453 e. The first kappa shape index (κ1) is 18.0. The smallest absolute Gasteiger partial charge is 0.407 e. The minimum Gasteiger partial charge on any atom is -0.453 e. The maximum atomic E-state index is 13.0. The summed E-state index contributed by atoms with van der Waals surface area (Å²) in [7, 11) is 1.29. The predicted molar refractivity (Wildman–Crippen MR) is 93.8 cm³/mol. The zero-order chi connectivity index (χ0) is 17.2. The first-order chi connectivity index (χ1) is 10.7. The summed E-state index contributed by atoms with van der Waals surface area (Å²) in [6, 6.07) is -0.722. The summed E-state index contributed by atoms with van der Waals surface area (Å²) in [6.07, 6.45) is 2.94. The number of imidazole rings is 1. The average molecular weight is 434 g/mol. The summed E-state index contributed by atoms with van der Waals surface area (Å²) in [6.45, 7) is 6.43. The van der Waals surface area contributed by atoms with Crippen LogP contribution in [0.15, 0.2) is 6.20 Å². The Morgan fingerprint density at radius 3 is 2.74 bits per heavy atom. The van der Waals surface area contributed by atoms with Crippen LogP contribution in [0.1, 0.15) is 45.5 Å². The lowest BCUT2D eigenvalue weighted by Crippen LogP contribution is -2.54. The van der Waals surface area contributed by atoms with Gasteiger partial charge in [-0.05, 0) is 40.8 Å². The van der Waals surface area contributed by atoms with E-state index in [4.69, 9.17) is 0 Å². The Balaban J connectivity index is 2.22. The molecule has 0 spiro atoms. The van der Waals surface area contributed by atoms with E-state index in [1.54, 1.807) is 11.1 Å². The normalized spacial score (nSPS) is 19.5. The van der Waals surface area contributed by atoms with Crippen LogP contribution in [0.25, 0.3) is 0 Å². The summed E-state index contributed by atoms with van der Waals surface area (Å²) >= 11 is 2.16. The van der Waals surface area contributed by atoms with Crippen LogP contribution >= 0.6 is 22.6 Å². The Morgan fingerprint density at radius 1 is 1.52 bits per heavy atom. The number of ether oxygens (including phenoxy) is 1. The lowest BCUT2D eigenvalue weighted by Gasteiger charge is -2.34. The van der Waals surface area contributed by atoms with E-state index in [0.29, 0.717) is 6.54 Å². The fourth-order valence-corrected chi connectivity index (χ4v) is 3.20. The van der Waals surface area contributed by atoms with Crippen molar-refractivity contribution in [2.45, 2.75) is 45.7 Å². The standard InChI is InChI=1S/C15H23IN4O3/c1-15(2,3)11(19-14(22)23-4)13(21)20-7-5-6-9(20)12-17-8-10(16)18-12/h8-9,11H,5-7H2,1-4H3,(H,17,18)(H,19,22)/t9-,11+/m0/s1. The highest BCUT2D eigenvalue weighted by Gasteiger charge is 2.41. The van der Waals surface area contributed by atoms with Gasteiger partial charge in [-0.1, -0.05) is 20.8 Å². The topological polar surface area (TPSA) is 87.3 Å². The molecule has 23 heavy (non-hydrogen) atoms. The number of likely N-dealkylation sites (tertiary alicyclic amines) is 1. The van der Waals surface area contributed by atoms with Crippen LogP contribution < -0.4 is 5.32 Å². The van der Waals surface area contributed by atoms with Crippen molar-refractivity contribution in [3.63, 3.8) is 0 Å². The fourth-order valence-electron chi connectivity index (χ4n) is 2.79. The Morgan fingerprint density at radius 2 is 2.22 bits per heavy atom. The lowest BCUT2D eigenvalue weighted by molar-refractivity contribution is -0.137.